The van der Waals surface area contributed by atoms with Gasteiger partial charge in [-0.05, 0) is 0 Å². The van der Waals surface area contributed by atoms with Gasteiger partial charge in [-0.25, -0.2) is 4.79 Å². The smallest absolute Gasteiger partial charge is 0.409 e. The van der Waals surface area contributed by atoms with Crippen molar-refractivity contribution in [1.82, 2.24) is 0 Å². The Balaban J connectivity index is 2.98. The molecule has 1 rings (SSSR count). The number of rotatable bonds is 3. The Bertz CT molecular complexity index is 315. The number of hydrogen-bond acceptors (Lipinski definition) is 4. The molecule has 0 radical (unpaired) electrons. The molecule has 76 valence electrons. The first kappa shape index (κ1) is 10.7. The highest BCUT2D eigenvalue weighted by atomic mass is 35.5. The first-order valence-corrected chi connectivity index (χ1v) is 4.14. The third-order valence-electron chi connectivity index (χ3n) is 1.52. The number of carbonyl (C=O) groups is 1. The predicted octanol–water partition coefficient (Wildman–Crippen LogP) is 2.44. The van der Waals surface area contributed by atoms with E-state index in [1.54, 1.807) is 6.07 Å². The van der Waals surface area contributed by atoms with E-state index in [1.807, 2.05) is 0 Å². The van der Waals surface area contributed by atoms with Crippen molar-refractivity contribution in [2.24, 2.45) is 0 Å². The average molecular weight is 217 g/mol. The second-order valence-corrected chi connectivity index (χ2v) is 2.70. The van der Waals surface area contributed by atoms with Crippen molar-refractivity contribution in [3.05, 3.63) is 18.2 Å². The number of hydrogen-bond donors (Lipinski definition) is 0. The summed E-state index contributed by atoms with van der Waals surface area (Å²) in [5.74, 6) is 1.33. The Kier molecular flexibility index (Phi) is 3.59. The minimum absolute atomic E-state index is 0.279. The van der Waals surface area contributed by atoms with Crippen LogP contribution in [0.5, 0.6) is 17.2 Å². The summed E-state index contributed by atoms with van der Waals surface area (Å²) in [5.41, 5.74) is -0.902. The van der Waals surface area contributed by atoms with Gasteiger partial charge in [-0.2, -0.15) is 0 Å². The van der Waals surface area contributed by atoms with Crippen LogP contribution < -0.4 is 14.2 Å². The largest absolute Gasteiger partial charge is 0.496 e. The Morgan fingerprint density at radius 1 is 1.07 bits per heavy atom. The minimum atomic E-state index is -0.902. The zero-order valence-electron chi connectivity index (χ0n) is 7.74. The van der Waals surface area contributed by atoms with Gasteiger partial charge in [0.05, 0.1) is 14.2 Å². The molecule has 0 fully saturated rings. The standard InChI is InChI=1S/C9H9ClO4/c1-12-6-3-7(13-2)5-8(4-6)14-9(10)11/h3-5H,1-2H3. The fourth-order valence-corrected chi connectivity index (χ4v) is 1.02. The summed E-state index contributed by atoms with van der Waals surface area (Å²) in [6, 6.07) is 4.72. The van der Waals surface area contributed by atoms with E-state index in [4.69, 9.17) is 21.1 Å². The van der Waals surface area contributed by atoms with Crippen LogP contribution in [-0.4, -0.2) is 19.6 Å². The van der Waals surface area contributed by atoms with Crippen molar-refractivity contribution < 1.29 is 19.0 Å². The van der Waals surface area contributed by atoms with E-state index in [0.717, 1.165) is 0 Å². The topological polar surface area (TPSA) is 44.8 Å². The van der Waals surface area contributed by atoms with Crippen molar-refractivity contribution in [3.63, 3.8) is 0 Å². The first-order chi connectivity index (χ1) is 6.65. The zero-order valence-corrected chi connectivity index (χ0v) is 8.50. The highest BCUT2D eigenvalue weighted by Gasteiger charge is 2.05. The van der Waals surface area contributed by atoms with Gasteiger partial charge in [0.15, 0.2) is 0 Å². The molecule has 0 bridgehead atoms. The van der Waals surface area contributed by atoms with Crippen LogP contribution in [0.2, 0.25) is 0 Å². The van der Waals surface area contributed by atoms with Gasteiger partial charge in [-0.15, -0.1) is 0 Å². The first-order valence-electron chi connectivity index (χ1n) is 3.76. The number of methoxy groups -OCH3 is 2. The molecule has 0 unspecified atom stereocenters. The molecular weight excluding hydrogens is 208 g/mol. The second kappa shape index (κ2) is 4.72. The molecule has 0 saturated heterocycles. The van der Waals surface area contributed by atoms with Gasteiger partial charge in [0, 0.05) is 29.8 Å². The molecule has 14 heavy (non-hydrogen) atoms. The number of carbonyl (C=O) groups excluding carboxylic acids is 1. The van der Waals surface area contributed by atoms with Gasteiger partial charge in [-0.1, -0.05) is 0 Å². The Morgan fingerprint density at radius 3 is 1.86 bits per heavy atom. The highest BCUT2D eigenvalue weighted by Crippen LogP contribution is 2.27. The fraction of sp³-hybridized carbons (Fsp3) is 0.222. The summed E-state index contributed by atoms with van der Waals surface area (Å²) < 4.78 is 14.6. The summed E-state index contributed by atoms with van der Waals surface area (Å²) >= 11 is 5.06. The number of halogens is 1. The Morgan fingerprint density at radius 2 is 1.50 bits per heavy atom. The molecule has 0 amide bonds. The minimum Gasteiger partial charge on any atom is -0.496 e. The van der Waals surface area contributed by atoms with E-state index in [-0.39, 0.29) is 5.75 Å². The van der Waals surface area contributed by atoms with Crippen LogP contribution >= 0.6 is 11.6 Å². The van der Waals surface area contributed by atoms with Crippen molar-refractivity contribution in [2.75, 3.05) is 14.2 Å². The molecule has 5 heteroatoms. The van der Waals surface area contributed by atoms with E-state index >= 15 is 0 Å². The number of benzene rings is 1. The van der Waals surface area contributed by atoms with Crippen molar-refractivity contribution >= 4 is 17.0 Å². The molecule has 0 spiro atoms. The van der Waals surface area contributed by atoms with Gasteiger partial charge >= 0.3 is 5.43 Å². The lowest BCUT2D eigenvalue weighted by Gasteiger charge is -2.06. The van der Waals surface area contributed by atoms with Crippen molar-refractivity contribution in [3.8, 4) is 17.2 Å². The summed E-state index contributed by atoms with van der Waals surface area (Å²) in [7, 11) is 3.00. The SMILES string of the molecule is COc1cc(OC)cc(OC(=O)Cl)c1. The van der Waals surface area contributed by atoms with Crippen LogP contribution in [-0.2, 0) is 0 Å². The monoisotopic (exact) mass is 216 g/mol. The molecule has 0 atom stereocenters. The molecule has 0 saturated carbocycles. The molecule has 1 aromatic rings. The molecule has 0 aliphatic carbocycles. The molecule has 0 N–H and O–H groups in total. The molecular formula is C9H9ClO4. The highest BCUT2D eigenvalue weighted by molar-refractivity contribution is 6.61. The third-order valence-corrected chi connectivity index (χ3v) is 1.60. The number of ether oxygens (including phenoxy) is 3. The maximum Gasteiger partial charge on any atom is 0.409 e. The second-order valence-electron chi connectivity index (χ2n) is 2.39. The van der Waals surface area contributed by atoms with Crippen molar-refractivity contribution in [2.45, 2.75) is 0 Å². The van der Waals surface area contributed by atoms with Gasteiger partial charge in [0.1, 0.15) is 17.2 Å². The lowest BCUT2D eigenvalue weighted by Crippen LogP contribution is -1.97. The third kappa shape index (κ3) is 2.81. The van der Waals surface area contributed by atoms with E-state index in [0.29, 0.717) is 11.5 Å². The summed E-state index contributed by atoms with van der Waals surface area (Å²) in [4.78, 5) is 10.5. The lowest BCUT2D eigenvalue weighted by molar-refractivity contribution is 0.225. The molecule has 0 aliphatic heterocycles. The van der Waals surface area contributed by atoms with E-state index < -0.39 is 5.43 Å². The van der Waals surface area contributed by atoms with E-state index in [1.165, 1.54) is 26.4 Å². The molecule has 0 aromatic heterocycles. The summed E-state index contributed by atoms with van der Waals surface area (Å²) in [6.45, 7) is 0. The lowest BCUT2D eigenvalue weighted by atomic mass is 10.3. The molecule has 4 nitrogen and oxygen atoms in total. The normalized spacial score (nSPS) is 9.36. The average Bonchev–Trinajstić information content (AvgIpc) is 2.16. The van der Waals surface area contributed by atoms with Gasteiger partial charge < -0.3 is 14.2 Å². The van der Waals surface area contributed by atoms with E-state index in [9.17, 15) is 4.79 Å². The van der Waals surface area contributed by atoms with Crippen LogP contribution in [0.3, 0.4) is 0 Å². The molecule has 1 aromatic carbocycles. The van der Waals surface area contributed by atoms with Crippen LogP contribution in [0.1, 0.15) is 0 Å². The summed E-state index contributed by atoms with van der Waals surface area (Å²) in [5, 5.41) is 0. The van der Waals surface area contributed by atoms with Gasteiger partial charge in [0.2, 0.25) is 0 Å². The summed E-state index contributed by atoms with van der Waals surface area (Å²) in [6.07, 6.45) is 0. The van der Waals surface area contributed by atoms with Crippen LogP contribution in [0.25, 0.3) is 0 Å². The van der Waals surface area contributed by atoms with Crippen LogP contribution in [0.4, 0.5) is 4.79 Å². The Hall–Kier alpha value is -1.42. The quantitative estimate of drug-likeness (QED) is 0.728. The predicted molar refractivity (Wildman–Crippen MR) is 51.4 cm³/mol. The maximum atomic E-state index is 10.5. The maximum absolute atomic E-state index is 10.5. The van der Waals surface area contributed by atoms with E-state index in [2.05, 4.69) is 4.74 Å². The molecule has 0 heterocycles. The van der Waals surface area contributed by atoms with Crippen LogP contribution in [0.15, 0.2) is 18.2 Å². The molecule has 0 aliphatic rings. The Labute approximate surface area is 86.3 Å². The van der Waals surface area contributed by atoms with Crippen LogP contribution in [0, 0.1) is 0 Å². The van der Waals surface area contributed by atoms with Gasteiger partial charge in [0.25, 0.3) is 0 Å². The van der Waals surface area contributed by atoms with Crippen molar-refractivity contribution in [1.29, 1.82) is 0 Å². The van der Waals surface area contributed by atoms with Gasteiger partial charge in [-0.3, -0.25) is 0 Å². The zero-order chi connectivity index (χ0) is 10.6. The fourth-order valence-electron chi connectivity index (χ4n) is 0.933.